The number of benzene rings is 1. The third-order valence-corrected chi connectivity index (χ3v) is 5.60. The number of carbonyl (C=O) groups is 2. The van der Waals surface area contributed by atoms with Crippen LogP contribution in [0.3, 0.4) is 0 Å². The molecule has 134 valence electrons. The average Bonchev–Trinajstić information content (AvgIpc) is 2.57. The molecule has 1 saturated carbocycles. The van der Waals surface area contributed by atoms with Crippen molar-refractivity contribution in [2.24, 2.45) is 0 Å². The average molecular weight is 382 g/mol. The van der Waals surface area contributed by atoms with E-state index < -0.39 is 0 Å². The minimum Gasteiger partial charge on any atom is -0.459 e. The Morgan fingerprint density at radius 1 is 1.16 bits per heavy atom. The first-order valence-electron chi connectivity index (χ1n) is 8.62. The molecule has 1 amide bonds. The summed E-state index contributed by atoms with van der Waals surface area (Å²) in [6, 6.07) is 5.21. The predicted octanol–water partition coefficient (Wildman–Crippen LogP) is 4.75. The van der Waals surface area contributed by atoms with Gasteiger partial charge in [0.1, 0.15) is 6.10 Å². The van der Waals surface area contributed by atoms with Crippen LogP contribution in [-0.4, -0.2) is 18.0 Å². The Morgan fingerprint density at radius 3 is 2.56 bits per heavy atom. The molecule has 2 aliphatic rings. The number of rotatable bonds is 3. The van der Waals surface area contributed by atoms with Gasteiger partial charge < -0.3 is 10.1 Å². The Morgan fingerprint density at radius 2 is 1.88 bits per heavy atom. The Hall–Kier alpha value is -1.52. The number of ether oxygens (including phenoxy) is 1. The molecule has 25 heavy (non-hydrogen) atoms. The van der Waals surface area contributed by atoms with Crippen LogP contribution in [0.2, 0.25) is 10.0 Å². The zero-order valence-electron chi connectivity index (χ0n) is 14.1. The van der Waals surface area contributed by atoms with Crippen molar-refractivity contribution in [1.82, 2.24) is 5.32 Å². The lowest BCUT2D eigenvalue weighted by Gasteiger charge is -2.29. The van der Waals surface area contributed by atoms with Gasteiger partial charge in [0.05, 0.1) is 15.6 Å². The quantitative estimate of drug-likeness (QED) is 0.768. The monoisotopic (exact) mass is 381 g/mol. The maximum atomic E-state index is 12.8. The molecule has 0 aromatic heterocycles. The fourth-order valence-electron chi connectivity index (χ4n) is 3.58. The fourth-order valence-corrected chi connectivity index (χ4v) is 3.89. The van der Waals surface area contributed by atoms with Gasteiger partial charge in [-0.2, -0.15) is 0 Å². The zero-order valence-corrected chi connectivity index (χ0v) is 15.6. The summed E-state index contributed by atoms with van der Waals surface area (Å²) >= 11 is 12.1. The highest BCUT2D eigenvalue weighted by atomic mass is 35.5. The second-order valence-corrected chi connectivity index (χ2v) is 7.50. The van der Waals surface area contributed by atoms with Crippen LogP contribution in [0, 0.1) is 0 Å². The van der Waals surface area contributed by atoms with E-state index >= 15 is 0 Å². The number of nitrogens with one attached hydrogen (secondary N) is 1. The SMILES string of the molecule is CC1=C(C(=O)OC2CCCCC2)[C@@H](c2ccc(Cl)c(Cl)c2)CC(=O)N1. The van der Waals surface area contributed by atoms with E-state index in [1.54, 1.807) is 25.1 Å². The van der Waals surface area contributed by atoms with Gasteiger partial charge in [-0.05, 0) is 50.3 Å². The Kier molecular flexibility index (Phi) is 5.70. The van der Waals surface area contributed by atoms with Gasteiger partial charge >= 0.3 is 5.97 Å². The number of allylic oxidation sites excluding steroid dienone is 1. The second-order valence-electron chi connectivity index (χ2n) is 6.68. The number of halogens is 2. The first kappa shape index (κ1) is 18.3. The van der Waals surface area contributed by atoms with Crippen LogP contribution in [0.15, 0.2) is 29.5 Å². The largest absolute Gasteiger partial charge is 0.459 e. The molecule has 4 nitrogen and oxygen atoms in total. The molecule has 1 fully saturated rings. The first-order chi connectivity index (χ1) is 12.0. The van der Waals surface area contributed by atoms with E-state index in [0.717, 1.165) is 31.2 Å². The number of hydrogen-bond acceptors (Lipinski definition) is 3. The van der Waals surface area contributed by atoms with Gasteiger partial charge in [-0.15, -0.1) is 0 Å². The van der Waals surface area contributed by atoms with Crippen molar-refractivity contribution in [2.75, 3.05) is 0 Å². The van der Waals surface area contributed by atoms with Crippen LogP contribution in [-0.2, 0) is 14.3 Å². The number of hydrogen-bond donors (Lipinski definition) is 1. The molecule has 1 aliphatic heterocycles. The molecule has 1 aliphatic carbocycles. The minimum absolute atomic E-state index is 0.0337. The lowest BCUT2D eigenvalue weighted by Crippen LogP contribution is -2.35. The van der Waals surface area contributed by atoms with E-state index in [2.05, 4.69) is 5.32 Å². The van der Waals surface area contributed by atoms with Gasteiger partial charge in [0.25, 0.3) is 0 Å². The van der Waals surface area contributed by atoms with Crippen LogP contribution in [0.5, 0.6) is 0 Å². The molecule has 0 saturated heterocycles. The summed E-state index contributed by atoms with van der Waals surface area (Å²) in [5, 5.41) is 3.60. The third kappa shape index (κ3) is 4.18. The van der Waals surface area contributed by atoms with Crippen molar-refractivity contribution in [3.05, 3.63) is 45.1 Å². The number of esters is 1. The maximum Gasteiger partial charge on any atom is 0.336 e. The van der Waals surface area contributed by atoms with Crippen molar-refractivity contribution < 1.29 is 14.3 Å². The van der Waals surface area contributed by atoms with E-state index in [1.807, 2.05) is 0 Å². The van der Waals surface area contributed by atoms with Crippen molar-refractivity contribution in [3.63, 3.8) is 0 Å². The molecule has 0 bridgehead atoms. The van der Waals surface area contributed by atoms with Crippen molar-refractivity contribution in [1.29, 1.82) is 0 Å². The lowest BCUT2D eigenvalue weighted by atomic mass is 9.84. The summed E-state index contributed by atoms with van der Waals surface area (Å²) in [6.45, 7) is 1.74. The molecule has 6 heteroatoms. The summed E-state index contributed by atoms with van der Waals surface area (Å²) in [5.74, 6) is -0.845. The summed E-state index contributed by atoms with van der Waals surface area (Å²) in [5.41, 5.74) is 1.84. The van der Waals surface area contributed by atoms with Crippen molar-refractivity contribution >= 4 is 35.1 Å². The summed E-state index contributed by atoms with van der Waals surface area (Å²) < 4.78 is 5.74. The van der Waals surface area contributed by atoms with Crippen LogP contribution in [0.4, 0.5) is 0 Å². The highest BCUT2D eigenvalue weighted by Gasteiger charge is 2.34. The summed E-state index contributed by atoms with van der Waals surface area (Å²) in [7, 11) is 0. The highest BCUT2D eigenvalue weighted by molar-refractivity contribution is 6.42. The van der Waals surface area contributed by atoms with Crippen LogP contribution < -0.4 is 5.32 Å². The van der Waals surface area contributed by atoms with Crippen LogP contribution >= 0.6 is 23.2 Å². The minimum atomic E-state index is -0.375. The van der Waals surface area contributed by atoms with Crippen molar-refractivity contribution in [3.8, 4) is 0 Å². The zero-order chi connectivity index (χ0) is 18.0. The van der Waals surface area contributed by atoms with Gasteiger partial charge in [0.15, 0.2) is 0 Å². The van der Waals surface area contributed by atoms with Gasteiger partial charge in [-0.1, -0.05) is 35.7 Å². The van der Waals surface area contributed by atoms with Crippen LogP contribution in [0.25, 0.3) is 0 Å². The maximum absolute atomic E-state index is 12.8. The molecule has 1 N–H and O–H groups in total. The van der Waals surface area contributed by atoms with Gasteiger partial charge in [0.2, 0.25) is 5.91 Å². The van der Waals surface area contributed by atoms with E-state index in [1.165, 1.54) is 6.42 Å². The van der Waals surface area contributed by atoms with Gasteiger partial charge in [0, 0.05) is 18.0 Å². The lowest BCUT2D eigenvalue weighted by molar-refractivity contribution is -0.146. The number of amides is 1. The predicted molar refractivity (Wildman–Crippen MR) is 97.6 cm³/mol. The third-order valence-electron chi connectivity index (χ3n) is 4.86. The summed E-state index contributed by atoms with van der Waals surface area (Å²) in [4.78, 5) is 24.8. The molecule has 0 radical (unpaired) electrons. The van der Waals surface area contributed by atoms with Gasteiger partial charge in [-0.25, -0.2) is 4.79 Å². The Balaban J connectivity index is 1.88. The topological polar surface area (TPSA) is 55.4 Å². The smallest absolute Gasteiger partial charge is 0.336 e. The van der Waals surface area contributed by atoms with E-state index in [4.69, 9.17) is 27.9 Å². The standard InChI is InChI=1S/C19H21Cl2NO3/c1-11-18(19(24)25-13-5-3-2-4-6-13)14(10-17(23)22-11)12-7-8-15(20)16(21)9-12/h7-9,13-14H,2-6,10H2,1H3,(H,22,23)/t14-/m1/s1. The summed E-state index contributed by atoms with van der Waals surface area (Å²) in [6.07, 6.45) is 5.33. The molecule has 1 aromatic rings. The molecular weight excluding hydrogens is 361 g/mol. The van der Waals surface area contributed by atoms with E-state index in [-0.39, 0.29) is 30.3 Å². The molecule has 1 atom stereocenters. The first-order valence-corrected chi connectivity index (χ1v) is 9.38. The molecule has 0 spiro atoms. The Labute approximate surface area is 157 Å². The van der Waals surface area contributed by atoms with Crippen molar-refractivity contribution in [2.45, 2.75) is 57.5 Å². The molecular formula is C19H21Cl2NO3. The second kappa shape index (κ2) is 7.79. The van der Waals surface area contributed by atoms with Crippen LogP contribution in [0.1, 0.15) is 56.9 Å². The highest BCUT2D eigenvalue weighted by Crippen LogP contribution is 2.36. The molecule has 0 unspecified atom stereocenters. The number of carbonyl (C=O) groups excluding carboxylic acids is 2. The van der Waals surface area contributed by atoms with E-state index in [9.17, 15) is 9.59 Å². The van der Waals surface area contributed by atoms with E-state index in [0.29, 0.717) is 21.3 Å². The Bertz CT molecular complexity index is 723. The normalized spacial score (nSPS) is 21.9. The fraction of sp³-hybridized carbons (Fsp3) is 0.474. The van der Waals surface area contributed by atoms with Gasteiger partial charge in [-0.3, -0.25) is 4.79 Å². The molecule has 1 heterocycles. The molecule has 3 rings (SSSR count). The molecule has 1 aromatic carbocycles.